The van der Waals surface area contributed by atoms with Crippen molar-refractivity contribution in [2.75, 3.05) is 5.32 Å². The van der Waals surface area contributed by atoms with Gasteiger partial charge in [0.05, 0.1) is 5.52 Å². The molecule has 0 spiro atoms. The van der Waals surface area contributed by atoms with Crippen LogP contribution in [0.2, 0.25) is 0 Å². The van der Waals surface area contributed by atoms with Gasteiger partial charge in [-0.1, -0.05) is 118 Å². The van der Waals surface area contributed by atoms with Gasteiger partial charge in [0.2, 0.25) is 0 Å². The van der Waals surface area contributed by atoms with E-state index in [-0.39, 0.29) is 10.8 Å². The largest absolute Gasteiger partial charge is 0.456 e. The van der Waals surface area contributed by atoms with Crippen molar-refractivity contribution in [2.45, 2.75) is 58.3 Å². The van der Waals surface area contributed by atoms with Crippen molar-refractivity contribution >= 4 is 73.1 Å². The molecule has 265 valence electrons. The number of furan rings is 1. The average molecular weight is 710 g/mol. The average Bonchev–Trinajstić information content (AvgIpc) is 3.76. The summed E-state index contributed by atoms with van der Waals surface area (Å²) in [5.41, 5.74) is 17.2. The Morgan fingerprint density at radius 1 is 0.655 bits per heavy atom. The van der Waals surface area contributed by atoms with E-state index >= 15 is 0 Å². The molecule has 0 saturated heterocycles. The van der Waals surface area contributed by atoms with Crippen LogP contribution in [0.3, 0.4) is 0 Å². The lowest BCUT2D eigenvalue weighted by molar-refractivity contribution is 0.332. The van der Waals surface area contributed by atoms with E-state index in [2.05, 4.69) is 179 Å². The number of nitrogens with zero attached hydrogens (tertiary/aromatic N) is 1. The number of hydrogen-bond donors (Lipinski definition) is 1. The van der Waals surface area contributed by atoms with E-state index in [4.69, 9.17) is 4.42 Å². The Hall–Kier alpha value is -6.00. The van der Waals surface area contributed by atoms with E-state index in [0.717, 1.165) is 39.1 Å². The van der Waals surface area contributed by atoms with Crippen LogP contribution in [0.15, 0.2) is 138 Å². The Balaban J connectivity index is 1.13. The van der Waals surface area contributed by atoms with Gasteiger partial charge in [-0.25, -0.2) is 0 Å². The van der Waals surface area contributed by atoms with Crippen molar-refractivity contribution in [1.29, 1.82) is 0 Å². The maximum absolute atomic E-state index is 6.56. The molecule has 0 fully saturated rings. The lowest BCUT2D eigenvalue weighted by Crippen LogP contribution is -2.37. The molecule has 0 amide bonds. The Bertz CT molecular complexity index is 3050. The lowest BCUT2D eigenvalue weighted by atomic mass is 9.58. The topological polar surface area (TPSA) is 30.1 Å². The normalized spacial score (nSPS) is 15.3. The molecule has 11 rings (SSSR count). The molecule has 0 atom stereocenters. The van der Waals surface area contributed by atoms with E-state index in [0.29, 0.717) is 0 Å². The minimum atomic E-state index is 0.135. The number of anilines is 2. The molecule has 2 aliphatic rings. The van der Waals surface area contributed by atoms with Crippen molar-refractivity contribution in [1.82, 2.24) is 4.57 Å². The number of rotatable bonds is 4. The van der Waals surface area contributed by atoms with Crippen LogP contribution >= 0.6 is 0 Å². The van der Waals surface area contributed by atoms with Crippen LogP contribution in [-0.4, -0.2) is 11.8 Å². The zero-order valence-corrected chi connectivity index (χ0v) is 32.0. The van der Waals surface area contributed by atoms with Gasteiger partial charge in [-0.3, -0.25) is 0 Å². The first-order valence-electron chi connectivity index (χ1n) is 19.6. The van der Waals surface area contributed by atoms with Gasteiger partial charge in [0, 0.05) is 49.9 Å². The second kappa shape index (κ2) is 11.5. The number of nitrogens with one attached hydrogen (secondary N) is 1. The lowest BCUT2D eigenvalue weighted by Gasteiger charge is -2.42. The van der Waals surface area contributed by atoms with E-state index < -0.39 is 0 Å². The summed E-state index contributed by atoms with van der Waals surface area (Å²) >= 11 is 0. The Morgan fingerprint density at radius 3 is 2.20 bits per heavy atom. The van der Waals surface area contributed by atoms with E-state index in [9.17, 15) is 0 Å². The first-order valence-corrected chi connectivity index (χ1v) is 19.6. The fourth-order valence-corrected chi connectivity index (χ4v) is 9.69. The van der Waals surface area contributed by atoms with Crippen LogP contribution in [0.5, 0.6) is 0 Å². The highest BCUT2D eigenvalue weighted by Crippen LogP contribution is 2.47. The smallest absolute Gasteiger partial charge is 0.198 e. The molecule has 1 N–H and O–H groups in total. The molecule has 3 nitrogen and oxygen atoms in total. The second-order valence-electron chi connectivity index (χ2n) is 17.2. The summed E-state index contributed by atoms with van der Waals surface area (Å²) in [6, 6.07) is 48.9. The molecule has 0 saturated carbocycles. The molecular formula is C51H42BN2O. The summed E-state index contributed by atoms with van der Waals surface area (Å²) in [5.74, 6) is 0.884. The predicted octanol–water partition coefficient (Wildman–Crippen LogP) is 12.4. The number of hydrogen-bond acceptors (Lipinski definition) is 2. The summed E-state index contributed by atoms with van der Waals surface area (Å²) in [5, 5.41) is 10.1. The summed E-state index contributed by atoms with van der Waals surface area (Å²) in [6.07, 6.45) is 2.40. The number of aromatic nitrogens is 1. The number of benzene rings is 7. The second-order valence-corrected chi connectivity index (χ2v) is 17.2. The van der Waals surface area contributed by atoms with Crippen LogP contribution in [0, 0.1) is 6.92 Å². The number of fused-ring (bicyclic) bond motifs is 8. The van der Waals surface area contributed by atoms with Crippen molar-refractivity contribution in [3.63, 3.8) is 0 Å². The molecule has 2 aromatic heterocycles. The van der Waals surface area contributed by atoms with Crippen LogP contribution in [-0.2, 0) is 10.8 Å². The van der Waals surface area contributed by atoms with Crippen LogP contribution in [0.1, 0.15) is 57.2 Å². The molecular weight excluding hydrogens is 667 g/mol. The minimum absolute atomic E-state index is 0.135. The summed E-state index contributed by atoms with van der Waals surface area (Å²) in [6.45, 7) is 11.9. The summed E-state index contributed by atoms with van der Waals surface area (Å²) in [4.78, 5) is 0. The van der Waals surface area contributed by atoms with Crippen molar-refractivity contribution in [2.24, 2.45) is 0 Å². The maximum atomic E-state index is 6.56. The zero-order chi connectivity index (χ0) is 37.2. The summed E-state index contributed by atoms with van der Waals surface area (Å²) in [7, 11) is 2.40. The van der Waals surface area contributed by atoms with Gasteiger partial charge in [-0.15, -0.1) is 0 Å². The number of aryl methyl sites for hydroxylation is 1. The third-order valence-electron chi connectivity index (χ3n) is 12.7. The minimum Gasteiger partial charge on any atom is -0.456 e. The Labute approximate surface area is 322 Å². The van der Waals surface area contributed by atoms with Gasteiger partial charge < -0.3 is 14.3 Å². The van der Waals surface area contributed by atoms with Crippen LogP contribution in [0.4, 0.5) is 11.4 Å². The monoisotopic (exact) mass is 709 g/mol. The molecule has 1 radical (unpaired) electrons. The molecule has 0 unspecified atom stereocenters. The quantitative estimate of drug-likeness (QED) is 0.184. The van der Waals surface area contributed by atoms with Gasteiger partial charge in [-0.2, -0.15) is 0 Å². The SMILES string of the molecule is Cc1cc(-c2ccccc2Nc2ccc3c(c2)C(C)(C)CCC3(C)C)c2c3c1c1cc4ccccc4cc1n3-c1cc3cc(-c4ccccc4)oc3cc1[B]2. The Kier molecular flexibility index (Phi) is 6.79. The fraction of sp³-hybridized carbons (Fsp3) is 0.176. The Morgan fingerprint density at radius 2 is 1.38 bits per heavy atom. The summed E-state index contributed by atoms with van der Waals surface area (Å²) < 4.78 is 9.08. The zero-order valence-electron chi connectivity index (χ0n) is 32.0. The third-order valence-corrected chi connectivity index (χ3v) is 12.7. The molecule has 55 heavy (non-hydrogen) atoms. The van der Waals surface area contributed by atoms with Crippen molar-refractivity contribution in [3.8, 4) is 28.1 Å². The highest BCUT2D eigenvalue weighted by molar-refractivity contribution is 6.73. The first kappa shape index (κ1) is 32.4. The highest BCUT2D eigenvalue weighted by atomic mass is 16.3. The molecule has 3 heterocycles. The van der Waals surface area contributed by atoms with Crippen LogP contribution in [0.25, 0.3) is 71.7 Å². The first-order chi connectivity index (χ1) is 26.6. The molecule has 4 heteroatoms. The van der Waals surface area contributed by atoms with Crippen molar-refractivity contribution < 1.29 is 4.42 Å². The molecule has 9 aromatic rings. The number of para-hydroxylation sites is 1. The fourth-order valence-electron chi connectivity index (χ4n) is 9.69. The van der Waals surface area contributed by atoms with Gasteiger partial charge in [0.15, 0.2) is 7.28 Å². The molecule has 0 bridgehead atoms. The van der Waals surface area contributed by atoms with Gasteiger partial charge in [0.25, 0.3) is 0 Å². The van der Waals surface area contributed by atoms with Gasteiger partial charge >= 0.3 is 0 Å². The maximum Gasteiger partial charge on any atom is 0.198 e. The van der Waals surface area contributed by atoms with Gasteiger partial charge in [-0.05, 0) is 118 Å². The van der Waals surface area contributed by atoms with Crippen LogP contribution < -0.4 is 16.2 Å². The van der Waals surface area contributed by atoms with E-state index in [1.54, 1.807) is 0 Å². The van der Waals surface area contributed by atoms with E-state index in [1.165, 1.54) is 84.4 Å². The van der Waals surface area contributed by atoms with E-state index in [1.807, 2.05) is 6.07 Å². The molecule has 1 aliphatic carbocycles. The van der Waals surface area contributed by atoms with Gasteiger partial charge in [0.1, 0.15) is 11.3 Å². The standard InChI is InChI=1S/C51H42BN2O/c1-30-23-37(36-17-11-12-18-42(36)53-35-19-20-39-40(28-35)51(4,5)22-21-50(39,2)3)48-49-47(30)38-24-32-15-9-10-16-33(32)25-43(38)54(49)44-26-34-27-45(31-13-7-6-8-14-31)55-46(34)29-41(44)52-48/h6-20,23-29,53H,21-22H2,1-5H3. The highest BCUT2D eigenvalue weighted by Gasteiger charge is 2.37. The molecule has 7 aromatic carbocycles. The predicted molar refractivity (Wildman–Crippen MR) is 234 cm³/mol. The van der Waals surface area contributed by atoms with Crippen molar-refractivity contribution in [3.05, 3.63) is 150 Å². The molecule has 1 aliphatic heterocycles. The third kappa shape index (κ3) is 4.90.